The van der Waals surface area contributed by atoms with E-state index in [0.29, 0.717) is 0 Å². The molecule has 0 aliphatic heterocycles. The van der Waals surface area contributed by atoms with E-state index in [9.17, 15) is 0 Å². The predicted molar refractivity (Wildman–Crippen MR) is 22.6 cm³/mol. The van der Waals surface area contributed by atoms with Gasteiger partial charge in [0, 0.05) is 6.42 Å². The topological polar surface area (TPSA) is 0 Å². The largest absolute Gasteiger partial charge is 1.00 e. The molecular formula is C5H5Na+2. The maximum Gasteiger partial charge on any atom is 1.00 e. The van der Waals surface area contributed by atoms with Gasteiger partial charge in [-0.3, -0.25) is 0 Å². The van der Waals surface area contributed by atoms with E-state index in [4.69, 9.17) is 0 Å². The smallest absolute Gasteiger partial charge is 0.0409 e. The molecule has 1 aliphatic carbocycles. The normalized spacial score (nSPS) is 13.3. The minimum atomic E-state index is 0. The average Bonchev–Trinajstić information content (AvgIpc) is 1.76. The summed E-state index contributed by atoms with van der Waals surface area (Å²) in [5, 5.41) is 0. The molecule has 0 heterocycles. The zero-order valence-electron chi connectivity index (χ0n) is 3.89. The van der Waals surface area contributed by atoms with Gasteiger partial charge in [0.2, 0.25) is 0 Å². The molecular weight excluding hydrogens is 83.0 g/mol. The molecule has 0 aromatic rings. The Morgan fingerprint density at radius 1 is 1.00 bits per heavy atom. The Balaban J connectivity index is 0.000000250. The summed E-state index contributed by atoms with van der Waals surface area (Å²) in [6, 6.07) is 0. The van der Waals surface area contributed by atoms with Gasteiger partial charge in [0.15, 0.2) is 0 Å². The summed E-state index contributed by atoms with van der Waals surface area (Å²) in [5.74, 6) is 0. The molecule has 0 unspecified atom stereocenters. The molecule has 0 saturated carbocycles. The Morgan fingerprint density at radius 3 is 1.67 bits per heavy atom. The van der Waals surface area contributed by atoms with Gasteiger partial charge in [-0.1, -0.05) is 0 Å². The molecule has 1 aliphatic rings. The molecule has 0 fully saturated rings. The molecule has 0 saturated heterocycles. The van der Waals surface area contributed by atoms with Crippen molar-refractivity contribution in [2.75, 3.05) is 0 Å². The van der Waals surface area contributed by atoms with Crippen molar-refractivity contribution in [2.45, 2.75) is 0 Å². The van der Waals surface area contributed by atoms with Crippen LogP contribution in [0.4, 0.5) is 0 Å². The van der Waals surface area contributed by atoms with Crippen LogP contribution in [-0.4, -0.2) is 0 Å². The maximum absolute atomic E-state index is 2.00. The van der Waals surface area contributed by atoms with Crippen molar-refractivity contribution in [3.8, 4) is 0 Å². The summed E-state index contributed by atoms with van der Waals surface area (Å²) < 4.78 is 0. The van der Waals surface area contributed by atoms with Crippen molar-refractivity contribution in [3.63, 3.8) is 0 Å². The van der Waals surface area contributed by atoms with Gasteiger partial charge in [0.05, 0.1) is 24.3 Å². The van der Waals surface area contributed by atoms with Crippen molar-refractivity contribution < 1.29 is 29.6 Å². The number of rotatable bonds is 0. The van der Waals surface area contributed by atoms with E-state index in [1.165, 1.54) is 0 Å². The zero-order valence-corrected chi connectivity index (χ0v) is 5.89. The van der Waals surface area contributed by atoms with E-state index < -0.39 is 0 Å². The summed E-state index contributed by atoms with van der Waals surface area (Å²) in [5.41, 5.74) is 0. The Hall–Kier alpha value is 0.350. The molecule has 0 amide bonds. The summed E-state index contributed by atoms with van der Waals surface area (Å²) in [6.45, 7) is 0. The Morgan fingerprint density at radius 2 is 1.50 bits per heavy atom. The van der Waals surface area contributed by atoms with Crippen LogP contribution in [0.15, 0.2) is 24.3 Å². The zero-order chi connectivity index (χ0) is 3.54. The van der Waals surface area contributed by atoms with Gasteiger partial charge in [-0.25, -0.2) is 0 Å². The summed E-state index contributed by atoms with van der Waals surface area (Å²) in [7, 11) is 0. The van der Waals surface area contributed by atoms with E-state index in [1.54, 1.807) is 0 Å². The van der Waals surface area contributed by atoms with Crippen molar-refractivity contribution in [2.24, 2.45) is 0 Å². The summed E-state index contributed by atoms with van der Waals surface area (Å²) in [6.07, 6.45) is 10.0. The quantitative estimate of drug-likeness (QED) is 0.245. The first kappa shape index (κ1) is 6.35. The second-order valence-electron chi connectivity index (χ2n) is 0.962. The SMILES string of the molecule is C1=C[CH+]C=C1.[Na+]. The molecule has 1 heteroatoms. The van der Waals surface area contributed by atoms with E-state index >= 15 is 0 Å². The third kappa shape index (κ3) is 1.71. The van der Waals surface area contributed by atoms with E-state index in [1.807, 2.05) is 30.7 Å². The second-order valence-corrected chi connectivity index (χ2v) is 0.962. The number of hydrogen-bond donors (Lipinski definition) is 0. The van der Waals surface area contributed by atoms with Crippen LogP contribution in [0.3, 0.4) is 0 Å². The minimum Gasteiger partial charge on any atom is 0.0409 e. The van der Waals surface area contributed by atoms with Crippen molar-refractivity contribution >= 4 is 0 Å². The fourth-order valence-corrected chi connectivity index (χ4v) is 0.321. The first-order valence-electron chi connectivity index (χ1n) is 1.67. The first-order chi connectivity index (χ1) is 2.50. The third-order valence-electron chi connectivity index (χ3n) is 0.556. The maximum atomic E-state index is 2.00. The third-order valence-corrected chi connectivity index (χ3v) is 0.556. The van der Waals surface area contributed by atoms with Crippen LogP contribution in [0, 0.1) is 6.42 Å². The standard InChI is InChI=1S/C5H5.Na/c1-2-4-5-3-1;/h1-5H;/q2*+1. The van der Waals surface area contributed by atoms with Crippen LogP contribution in [0.1, 0.15) is 0 Å². The van der Waals surface area contributed by atoms with E-state index in [-0.39, 0.29) is 29.6 Å². The van der Waals surface area contributed by atoms with Crippen LogP contribution in [0.5, 0.6) is 0 Å². The Bertz CT molecular complexity index is 62.0. The monoisotopic (exact) mass is 88.0 g/mol. The Labute approximate surface area is 60.2 Å². The number of allylic oxidation sites excluding steroid dienone is 4. The molecule has 0 spiro atoms. The molecule has 24 valence electrons. The van der Waals surface area contributed by atoms with Gasteiger partial charge in [-0.2, -0.15) is 0 Å². The molecule has 0 bridgehead atoms. The van der Waals surface area contributed by atoms with Crippen molar-refractivity contribution in [3.05, 3.63) is 30.7 Å². The van der Waals surface area contributed by atoms with Gasteiger partial charge in [0.25, 0.3) is 0 Å². The average molecular weight is 88.1 g/mol. The molecule has 0 nitrogen and oxygen atoms in total. The van der Waals surface area contributed by atoms with Crippen molar-refractivity contribution in [1.82, 2.24) is 0 Å². The van der Waals surface area contributed by atoms with Crippen LogP contribution in [0.2, 0.25) is 0 Å². The van der Waals surface area contributed by atoms with Crippen molar-refractivity contribution in [1.29, 1.82) is 0 Å². The van der Waals surface area contributed by atoms with Gasteiger partial charge in [-0.05, 0) is 0 Å². The van der Waals surface area contributed by atoms with E-state index in [2.05, 4.69) is 0 Å². The van der Waals surface area contributed by atoms with E-state index in [0.717, 1.165) is 0 Å². The molecule has 0 radical (unpaired) electrons. The minimum absolute atomic E-state index is 0. The molecule has 6 heavy (non-hydrogen) atoms. The molecule has 0 aromatic heterocycles. The van der Waals surface area contributed by atoms with Gasteiger partial charge in [0.1, 0.15) is 0 Å². The first-order valence-corrected chi connectivity index (χ1v) is 1.67. The van der Waals surface area contributed by atoms with Gasteiger partial charge >= 0.3 is 29.6 Å². The summed E-state index contributed by atoms with van der Waals surface area (Å²) in [4.78, 5) is 0. The van der Waals surface area contributed by atoms with Gasteiger partial charge < -0.3 is 0 Å². The van der Waals surface area contributed by atoms with Crippen LogP contribution >= 0.6 is 0 Å². The second kappa shape index (κ2) is 3.54. The van der Waals surface area contributed by atoms with Gasteiger partial charge in [-0.15, -0.1) is 0 Å². The molecule has 0 N–H and O–H groups in total. The summed E-state index contributed by atoms with van der Waals surface area (Å²) >= 11 is 0. The van der Waals surface area contributed by atoms with Crippen LogP contribution < -0.4 is 29.6 Å². The molecule has 0 atom stereocenters. The number of hydrogen-bond acceptors (Lipinski definition) is 0. The fraction of sp³-hybridized carbons (Fsp3) is 0. The van der Waals surface area contributed by atoms with Crippen LogP contribution in [-0.2, 0) is 0 Å². The fourth-order valence-electron chi connectivity index (χ4n) is 0.321. The predicted octanol–water partition coefficient (Wildman–Crippen LogP) is -1.68. The Kier molecular flexibility index (Phi) is 3.74. The molecule has 0 aromatic carbocycles. The van der Waals surface area contributed by atoms with Crippen LogP contribution in [0.25, 0.3) is 0 Å². The molecule has 1 rings (SSSR count).